The van der Waals surface area contributed by atoms with Crippen molar-refractivity contribution in [2.45, 2.75) is 46.6 Å². The minimum absolute atomic E-state index is 0.00192. The van der Waals surface area contributed by atoms with E-state index in [2.05, 4.69) is 0 Å². The number of nitrogens with zero attached hydrogens (tertiary/aromatic N) is 2. The summed E-state index contributed by atoms with van der Waals surface area (Å²) in [7, 11) is 0. The van der Waals surface area contributed by atoms with Gasteiger partial charge in [0.2, 0.25) is 5.91 Å². The standard InChI is InChI=1S/C28H31ClN2O5/c1-4-36-27(34)17-24(32)9-11-30(18-21-5-7-23(29)8-6-21)28(35)25-10-12-31(25)26(33)16-22-14-19(2)13-20(3)15-22/h5-8,10,13-15H,4,9,11-12,16-18H2,1-3H3. The van der Waals surface area contributed by atoms with Crippen LogP contribution in [0.2, 0.25) is 5.02 Å². The molecule has 0 spiro atoms. The zero-order valence-electron chi connectivity index (χ0n) is 20.9. The van der Waals surface area contributed by atoms with Gasteiger partial charge < -0.3 is 14.5 Å². The minimum Gasteiger partial charge on any atom is -0.466 e. The fourth-order valence-corrected chi connectivity index (χ4v) is 4.23. The fourth-order valence-electron chi connectivity index (χ4n) is 4.10. The molecule has 1 aliphatic heterocycles. The average Bonchev–Trinajstić information content (AvgIpc) is 2.76. The van der Waals surface area contributed by atoms with Crippen molar-refractivity contribution in [1.29, 1.82) is 0 Å². The quantitative estimate of drug-likeness (QED) is 0.335. The van der Waals surface area contributed by atoms with E-state index in [1.807, 2.05) is 32.0 Å². The third kappa shape index (κ3) is 7.52. The van der Waals surface area contributed by atoms with Gasteiger partial charge in [0.25, 0.3) is 5.91 Å². The summed E-state index contributed by atoms with van der Waals surface area (Å²) in [6.45, 7) is 6.55. The second kappa shape index (κ2) is 12.5. The number of aryl methyl sites for hydroxylation is 2. The zero-order valence-corrected chi connectivity index (χ0v) is 21.6. The third-order valence-electron chi connectivity index (χ3n) is 5.80. The predicted octanol–water partition coefficient (Wildman–Crippen LogP) is 4.17. The van der Waals surface area contributed by atoms with Gasteiger partial charge >= 0.3 is 5.97 Å². The molecule has 0 unspecified atom stereocenters. The second-order valence-corrected chi connectivity index (χ2v) is 9.33. The van der Waals surface area contributed by atoms with Gasteiger partial charge in [-0.15, -0.1) is 0 Å². The number of carbonyl (C=O) groups is 4. The first kappa shape index (κ1) is 27.1. The average molecular weight is 511 g/mol. The number of carbonyl (C=O) groups excluding carboxylic acids is 4. The van der Waals surface area contributed by atoms with Crippen molar-refractivity contribution in [3.05, 3.63) is 81.5 Å². The number of ether oxygens (including phenoxy) is 1. The number of esters is 1. The van der Waals surface area contributed by atoms with E-state index >= 15 is 0 Å². The first-order valence-corrected chi connectivity index (χ1v) is 12.3. The molecule has 36 heavy (non-hydrogen) atoms. The molecule has 0 radical (unpaired) electrons. The van der Waals surface area contributed by atoms with Crippen LogP contribution in [-0.4, -0.2) is 53.1 Å². The maximum atomic E-state index is 13.4. The van der Waals surface area contributed by atoms with Crippen molar-refractivity contribution in [3.63, 3.8) is 0 Å². The molecule has 7 nitrogen and oxygen atoms in total. The summed E-state index contributed by atoms with van der Waals surface area (Å²) in [6.07, 6.45) is 1.58. The van der Waals surface area contributed by atoms with Gasteiger partial charge in [0.05, 0.1) is 13.0 Å². The van der Waals surface area contributed by atoms with Crippen molar-refractivity contribution in [1.82, 2.24) is 9.80 Å². The Bertz CT molecular complexity index is 1150. The summed E-state index contributed by atoms with van der Waals surface area (Å²) in [6, 6.07) is 13.1. The number of Topliss-reactive ketones (excluding diaryl/α,β-unsaturated/α-hetero) is 1. The van der Waals surface area contributed by atoms with Gasteiger partial charge in [-0.1, -0.05) is 53.1 Å². The molecule has 1 heterocycles. The van der Waals surface area contributed by atoms with Gasteiger partial charge in [-0.25, -0.2) is 0 Å². The molecule has 0 N–H and O–H groups in total. The number of halogens is 1. The molecule has 0 aromatic heterocycles. The number of rotatable bonds is 11. The molecule has 0 aliphatic carbocycles. The molecule has 0 saturated heterocycles. The molecule has 3 rings (SSSR count). The Hall–Kier alpha value is -3.45. The van der Waals surface area contributed by atoms with Crippen LogP contribution in [0, 0.1) is 13.8 Å². The van der Waals surface area contributed by atoms with Crippen LogP contribution in [0.5, 0.6) is 0 Å². The largest absolute Gasteiger partial charge is 0.466 e. The lowest BCUT2D eigenvalue weighted by molar-refractivity contribution is -0.145. The predicted molar refractivity (Wildman–Crippen MR) is 137 cm³/mol. The molecule has 0 atom stereocenters. The van der Waals surface area contributed by atoms with Gasteiger partial charge in [-0.05, 0) is 50.1 Å². The van der Waals surface area contributed by atoms with Crippen molar-refractivity contribution >= 4 is 35.2 Å². The molecule has 0 saturated carbocycles. The van der Waals surface area contributed by atoms with Crippen LogP contribution in [0.1, 0.15) is 42.0 Å². The summed E-state index contributed by atoms with van der Waals surface area (Å²) < 4.78 is 4.84. The molecule has 190 valence electrons. The van der Waals surface area contributed by atoms with Crippen molar-refractivity contribution < 1.29 is 23.9 Å². The van der Waals surface area contributed by atoms with Crippen molar-refractivity contribution in [2.75, 3.05) is 19.7 Å². The highest BCUT2D eigenvalue weighted by Gasteiger charge is 2.32. The van der Waals surface area contributed by atoms with Gasteiger partial charge in [-0.2, -0.15) is 0 Å². The van der Waals surface area contributed by atoms with E-state index in [9.17, 15) is 19.2 Å². The number of hydrogen-bond donors (Lipinski definition) is 0. The van der Waals surface area contributed by atoms with Crippen molar-refractivity contribution in [3.8, 4) is 0 Å². The van der Waals surface area contributed by atoms with E-state index in [0.717, 1.165) is 22.3 Å². The molecule has 2 amide bonds. The molecular formula is C28H31ClN2O5. The van der Waals surface area contributed by atoms with Crippen LogP contribution < -0.4 is 0 Å². The Balaban J connectivity index is 1.70. The van der Waals surface area contributed by atoms with Crippen LogP contribution in [0.4, 0.5) is 0 Å². The van der Waals surface area contributed by atoms with Crippen LogP contribution in [0.25, 0.3) is 0 Å². The SMILES string of the molecule is CCOC(=O)CC(=O)CCN(Cc1ccc(Cl)cc1)C(=O)C1=CCN1C(=O)Cc1cc(C)cc(C)c1. The summed E-state index contributed by atoms with van der Waals surface area (Å²) in [5, 5.41) is 0.575. The smallest absolute Gasteiger partial charge is 0.313 e. The molecule has 1 aliphatic rings. The topological polar surface area (TPSA) is 84.0 Å². The van der Waals surface area contributed by atoms with E-state index < -0.39 is 5.97 Å². The highest BCUT2D eigenvalue weighted by atomic mass is 35.5. The highest BCUT2D eigenvalue weighted by molar-refractivity contribution is 6.30. The monoisotopic (exact) mass is 510 g/mol. The first-order valence-electron chi connectivity index (χ1n) is 11.9. The van der Waals surface area contributed by atoms with Gasteiger partial charge in [0.15, 0.2) is 0 Å². The summed E-state index contributed by atoms with van der Waals surface area (Å²) in [5.74, 6) is -1.39. The number of amides is 2. The number of ketones is 1. The molecule has 0 bridgehead atoms. The van der Waals surface area contributed by atoms with E-state index in [0.29, 0.717) is 17.3 Å². The van der Waals surface area contributed by atoms with Crippen LogP contribution >= 0.6 is 11.6 Å². The zero-order chi connectivity index (χ0) is 26.2. The Morgan fingerprint density at radius 3 is 2.25 bits per heavy atom. The minimum atomic E-state index is -0.581. The van der Waals surface area contributed by atoms with Gasteiger partial charge in [-0.3, -0.25) is 19.2 Å². The lowest BCUT2D eigenvalue weighted by Gasteiger charge is -2.34. The summed E-state index contributed by atoms with van der Waals surface area (Å²) in [5.41, 5.74) is 4.19. The maximum absolute atomic E-state index is 13.4. The highest BCUT2D eigenvalue weighted by Crippen LogP contribution is 2.22. The van der Waals surface area contributed by atoms with Gasteiger partial charge in [0.1, 0.15) is 17.9 Å². The lowest BCUT2D eigenvalue weighted by atomic mass is 10.0. The van der Waals surface area contributed by atoms with Gasteiger partial charge in [0, 0.05) is 31.1 Å². The van der Waals surface area contributed by atoms with Crippen molar-refractivity contribution in [2.24, 2.45) is 0 Å². The molecule has 2 aromatic rings. The Morgan fingerprint density at radius 2 is 1.67 bits per heavy atom. The summed E-state index contributed by atoms with van der Waals surface area (Å²) in [4.78, 5) is 53.4. The van der Waals surface area contributed by atoms with Crippen LogP contribution in [0.15, 0.2) is 54.2 Å². The van der Waals surface area contributed by atoms with E-state index in [-0.39, 0.29) is 56.6 Å². The summed E-state index contributed by atoms with van der Waals surface area (Å²) >= 11 is 5.99. The normalized spacial score (nSPS) is 12.4. The second-order valence-electron chi connectivity index (χ2n) is 8.89. The Labute approximate surface area is 216 Å². The van der Waals surface area contributed by atoms with E-state index in [1.165, 1.54) is 9.80 Å². The van der Waals surface area contributed by atoms with Crippen LogP contribution in [-0.2, 0) is 36.9 Å². The maximum Gasteiger partial charge on any atom is 0.313 e. The Morgan fingerprint density at radius 1 is 1.00 bits per heavy atom. The molecule has 2 aromatic carbocycles. The molecular weight excluding hydrogens is 480 g/mol. The van der Waals surface area contributed by atoms with E-state index in [1.54, 1.807) is 37.3 Å². The molecule has 0 fully saturated rings. The lowest BCUT2D eigenvalue weighted by Crippen LogP contribution is -2.46. The van der Waals surface area contributed by atoms with Crippen LogP contribution in [0.3, 0.4) is 0 Å². The third-order valence-corrected chi connectivity index (χ3v) is 6.05. The number of hydrogen-bond acceptors (Lipinski definition) is 5. The van der Waals surface area contributed by atoms with E-state index in [4.69, 9.17) is 16.3 Å². The molecule has 8 heteroatoms. The fraction of sp³-hybridized carbons (Fsp3) is 0.357. The number of benzene rings is 2. The Kier molecular flexibility index (Phi) is 9.42. The first-order chi connectivity index (χ1) is 17.2.